The van der Waals surface area contributed by atoms with Gasteiger partial charge in [0.15, 0.2) is 9.84 Å². The molecular formula is C15H33NO2S. The first-order chi connectivity index (χ1) is 8.62. The van der Waals surface area contributed by atoms with E-state index in [-0.39, 0.29) is 0 Å². The number of unbranched alkanes of at least 4 members (excludes halogenated alkanes) is 1. The molecule has 1 atom stereocenters. The van der Waals surface area contributed by atoms with Gasteiger partial charge in [-0.2, -0.15) is 0 Å². The normalized spacial score (nSPS) is 14.9. The molecule has 0 aliphatic heterocycles. The summed E-state index contributed by atoms with van der Waals surface area (Å²) in [6.07, 6.45) is 3.96. The van der Waals surface area contributed by atoms with E-state index in [1.165, 1.54) is 0 Å². The number of hydrogen-bond donors (Lipinski definition) is 1. The van der Waals surface area contributed by atoms with Gasteiger partial charge in [-0.05, 0) is 52.5 Å². The molecule has 0 spiro atoms. The minimum atomic E-state index is -2.95. The van der Waals surface area contributed by atoms with Gasteiger partial charge in [0, 0.05) is 6.04 Å². The minimum absolute atomic E-state index is 0.315. The van der Waals surface area contributed by atoms with Crippen LogP contribution in [0.2, 0.25) is 0 Å². The van der Waals surface area contributed by atoms with Gasteiger partial charge >= 0.3 is 0 Å². The molecule has 0 saturated heterocycles. The highest BCUT2D eigenvalue weighted by molar-refractivity contribution is 7.92. The first-order valence-electron chi connectivity index (χ1n) is 7.57. The summed E-state index contributed by atoms with van der Waals surface area (Å²) in [5, 5.41) is 3.55. The van der Waals surface area contributed by atoms with E-state index >= 15 is 0 Å². The summed E-state index contributed by atoms with van der Waals surface area (Å²) in [4.78, 5) is 0. The molecule has 0 aromatic rings. The first kappa shape index (κ1) is 18.9. The summed E-state index contributed by atoms with van der Waals surface area (Å²) in [5.74, 6) is 0.917. The van der Waals surface area contributed by atoms with Gasteiger partial charge in [-0.1, -0.05) is 27.2 Å². The van der Waals surface area contributed by atoms with Gasteiger partial charge in [0.2, 0.25) is 0 Å². The van der Waals surface area contributed by atoms with E-state index in [1.807, 2.05) is 0 Å². The van der Waals surface area contributed by atoms with E-state index in [0.29, 0.717) is 17.7 Å². The minimum Gasteiger partial charge on any atom is -0.314 e. The maximum absolute atomic E-state index is 12.0. The van der Waals surface area contributed by atoms with Crippen molar-refractivity contribution in [1.82, 2.24) is 5.32 Å². The van der Waals surface area contributed by atoms with Gasteiger partial charge in [-0.15, -0.1) is 0 Å². The van der Waals surface area contributed by atoms with Crippen LogP contribution in [0.15, 0.2) is 0 Å². The van der Waals surface area contributed by atoms with Crippen LogP contribution < -0.4 is 5.32 Å². The predicted octanol–water partition coefficient (Wildman–Crippen LogP) is 3.39. The molecule has 1 unspecified atom stereocenters. The quantitative estimate of drug-likeness (QED) is 0.662. The van der Waals surface area contributed by atoms with Crippen LogP contribution in [-0.4, -0.2) is 31.5 Å². The van der Waals surface area contributed by atoms with Gasteiger partial charge in [0.1, 0.15) is 0 Å². The van der Waals surface area contributed by atoms with Crippen molar-refractivity contribution in [1.29, 1.82) is 0 Å². The third-order valence-electron chi connectivity index (χ3n) is 3.57. The molecule has 4 heteroatoms. The number of rotatable bonds is 9. The topological polar surface area (TPSA) is 46.2 Å². The lowest BCUT2D eigenvalue weighted by atomic mass is 9.98. The highest BCUT2D eigenvalue weighted by atomic mass is 32.2. The highest BCUT2D eigenvalue weighted by Crippen LogP contribution is 2.18. The highest BCUT2D eigenvalue weighted by Gasteiger charge is 2.28. The van der Waals surface area contributed by atoms with Crippen molar-refractivity contribution in [3.63, 3.8) is 0 Å². The molecule has 19 heavy (non-hydrogen) atoms. The van der Waals surface area contributed by atoms with Crippen molar-refractivity contribution >= 4 is 9.84 Å². The molecule has 0 fully saturated rings. The van der Waals surface area contributed by atoms with Crippen molar-refractivity contribution in [2.24, 2.45) is 5.92 Å². The zero-order chi connectivity index (χ0) is 15.1. The van der Waals surface area contributed by atoms with E-state index in [9.17, 15) is 8.42 Å². The molecule has 0 rings (SSSR count). The second-order valence-electron chi connectivity index (χ2n) is 6.73. The Labute approximate surface area is 120 Å². The molecule has 0 aliphatic carbocycles. The van der Waals surface area contributed by atoms with Crippen molar-refractivity contribution in [3.8, 4) is 0 Å². The lowest BCUT2D eigenvalue weighted by molar-refractivity contribution is 0.369. The Bertz CT molecular complexity index is 329. The Kier molecular flexibility index (Phi) is 8.21. The standard InChI is InChI=1S/C15H33NO2S/c1-7-11-16-14(13(2)3)10-8-9-12-19(17,18)15(4,5)6/h13-14,16H,7-12H2,1-6H3. The third-order valence-corrected chi connectivity index (χ3v) is 6.26. The Morgan fingerprint density at radius 2 is 1.68 bits per heavy atom. The lowest BCUT2D eigenvalue weighted by Gasteiger charge is -2.23. The average molecular weight is 292 g/mol. The van der Waals surface area contributed by atoms with E-state index in [0.717, 1.165) is 32.2 Å². The molecule has 3 nitrogen and oxygen atoms in total. The SMILES string of the molecule is CCCNC(CCCCS(=O)(=O)C(C)(C)C)C(C)C. The van der Waals surface area contributed by atoms with Crippen LogP contribution >= 0.6 is 0 Å². The van der Waals surface area contributed by atoms with E-state index in [2.05, 4.69) is 26.1 Å². The smallest absolute Gasteiger partial charge is 0.155 e. The predicted molar refractivity (Wildman–Crippen MR) is 84.3 cm³/mol. The van der Waals surface area contributed by atoms with Gasteiger partial charge in [0.05, 0.1) is 10.5 Å². The van der Waals surface area contributed by atoms with E-state index in [4.69, 9.17) is 0 Å². The molecule has 0 amide bonds. The van der Waals surface area contributed by atoms with Crippen LogP contribution in [0.25, 0.3) is 0 Å². The Morgan fingerprint density at radius 1 is 1.11 bits per heavy atom. The summed E-state index contributed by atoms with van der Waals surface area (Å²) in [6.45, 7) is 13.0. The van der Waals surface area contributed by atoms with Crippen molar-refractivity contribution < 1.29 is 8.42 Å². The summed E-state index contributed by atoms with van der Waals surface area (Å²) in [6, 6.07) is 0.511. The second kappa shape index (κ2) is 8.25. The fourth-order valence-electron chi connectivity index (χ4n) is 1.96. The second-order valence-corrected chi connectivity index (χ2v) is 9.59. The van der Waals surface area contributed by atoms with Gasteiger partial charge in [-0.3, -0.25) is 0 Å². The molecule has 0 bridgehead atoms. The summed E-state index contributed by atoms with van der Waals surface area (Å²) >= 11 is 0. The number of nitrogens with one attached hydrogen (secondary N) is 1. The van der Waals surface area contributed by atoms with Gasteiger partial charge in [-0.25, -0.2) is 8.42 Å². The van der Waals surface area contributed by atoms with Gasteiger partial charge < -0.3 is 5.32 Å². The lowest BCUT2D eigenvalue weighted by Crippen LogP contribution is -2.34. The molecule has 0 saturated carbocycles. The first-order valence-corrected chi connectivity index (χ1v) is 9.22. The van der Waals surface area contributed by atoms with Crippen LogP contribution in [0, 0.1) is 5.92 Å². The van der Waals surface area contributed by atoms with Crippen LogP contribution in [-0.2, 0) is 9.84 Å². The zero-order valence-electron chi connectivity index (χ0n) is 13.6. The molecule has 0 radical (unpaired) electrons. The maximum Gasteiger partial charge on any atom is 0.155 e. The monoisotopic (exact) mass is 291 g/mol. The average Bonchev–Trinajstić information content (AvgIpc) is 2.25. The summed E-state index contributed by atoms with van der Waals surface area (Å²) in [7, 11) is -2.95. The number of sulfone groups is 1. The molecule has 0 aromatic heterocycles. The Hall–Kier alpha value is -0.0900. The summed E-state index contributed by atoms with van der Waals surface area (Å²) in [5.41, 5.74) is 0. The third kappa shape index (κ3) is 7.31. The van der Waals surface area contributed by atoms with E-state index in [1.54, 1.807) is 20.8 Å². The van der Waals surface area contributed by atoms with Gasteiger partial charge in [0.25, 0.3) is 0 Å². The molecule has 0 aliphatic rings. The fourth-order valence-corrected chi connectivity index (χ4v) is 3.16. The Morgan fingerprint density at radius 3 is 2.11 bits per heavy atom. The molecule has 1 N–H and O–H groups in total. The van der Waals surface area contributed by atoms with Crippen LogP contribution in [0.5, 0.6) is 0 Å². The molecular weight excluding hydrogens is 258 g/mol. The molecule has 0 heterocycles. The van der Waals surface area contributed by atoms with Crippen molar-refractivity contribution in [2.45, 2.75) is 78.0 Å². The zero-order valence-corrected chi connectivity index (χ0v) is 14.4. The van der Waals surface area contributed by atoms with E-state index < -0.39 is 14.6 Å². The van der Waals surface area contributed by atoms with Crippen LogP contribution in [0.4, 0.5) is 0 Å². The maximum atomic E-state index is 12.0. The Balaban J connectivity index is 4.08. The van der Waals surface area contributed by atoms with Crippen LogP contribution in [0.1, 0.15) is 67.2 Å². The van der Waals surface area contributed by atoms with Crippen LogP contribution in [0.3, 0.4) is 0 Å². The fraction of sp³-hybridized carbons (Fsp3) is 1.00. The molecule has 116 valence electrons. The molecule has 0 aromatic carbocycles. The largest absolute Gasteiger partial charge is 0.314 e. The summed E-state index contributed by atoms with van der Waals surface area (Å²) < 4.78 is 23.4. The van der Waals surface area contributed by atoms with Crippen molar-refractivity contribution in [3.05, 3.63) is 0 Å². The number of hydrogen-bond acceptors (Lipinski definition) is 3. The van der Waals surface area contributed by atoms with Crippen molar-refractivity contribution in [2.75, 3.05) is 12.3 Å².